The largest absolute Gasteiger partial charge is 0.493 e. The Hall–Kier alpha value is -2.95. The highest BCUT2D eigenvalue weighted by Crippen LogP contribution is 2.37. The molecule has 1 aliphatic heterocycles. The molecule has 1 heterocycles. The lowest BCUT2D eigenvalue weighted by molar-refractivity contribution is -0.111. The second kappa shape index (κ2) is 7.12. The molecule has 0 aromatic heterocycles. The summed E-state index contributed by atoms with van der Waals surface area (Å²) < 4.78 is 10.8. The van der Waals surface area contributed by atoms with Gasteiger partial charge < -0.3 is 20.1 Å². The number of para-hydroxylation sites is 1. The van der Waals surface area contributed by atoms with Crippen LogP contribution in [0.25, 0.3) is 5.70 Å². The quantitative estimate of drug-likeness (QED) is 0.826. The van der Waals surface area contributed by atoms with E-state index >= 15 is 0 Å². The van der Waals surface area contributed by atoms with Crippen molar-refractivity contribution in [1.82, 2.24) is 5.32 Å². The molecule has 0 bridgehead atoms. The van der Waals surface area contributed by atoms with Crippen molar-refractivity contribution >= 4 is 17.3 Å². The summed E-state index contributed by atoms with van der Waals surface area (Å²) in [4.78, 5) is 12.5. The van der Waals surface area contributed by atoms with Gasteiger partial charge in [-0.1, -0.05) is 18.2 Å². The molecule has 3 rings (SSSR count). The van der Waals surface area contributed by atoms with E-state index in [4.69, 9.17) is 9.47 Å². The maximum Gasteiger partial charge on any atom is 0.250 e. The summed E-state index contributed by atoms with van der Waals surface area (Å²) in [7, 11) is 3.23. The van der Waals surface area contributed by atoms with E-state index in [1.807, 2.05) is 42.5 Å². The third-order valence-electron chi connectivity index (χ3n) is 4.32. The summed E-state index contributed by atoms with van der Waals surface area (Å²) in [6.07, 6.45) is 2.42. The summed E-state index contributed by atoms with van der Waals surface area (Å²) >= 11 is 0. The van der Waals surface area contributed by atoms with Gasteiger partial charge in [-0.05, 0) is 50.1 Å². The third-order valence-corrected chi connectivity index (χ3v) is 4.32. The molecule has 5 heteroatoms. The molecular formula is C21H24N2O3. The van der Waals surface area contributed by atoms with Crippen molar-refractivity contribution in [1.29, 1.82) is 0 Å². The lowest BCUT2D eigenvalue weighted by Crippen LogP contribution is -2.44. The van der Waals surface area contributed by atoms with Gasteiger partial charge in [0, 0.05) is 28.6 Å². The number of amides is 1. The zero-order valence-electron chi connectivity index (χ0n) is 15.6. The number of fused-ring (bicyclic) bond motifs is 1. The normalized spacial score (nSPS) is 16.4. The van der Waals surface area contributed by atoms with Gasteiger partial charge in [0.2, 0.25) is 5.91 Å². The SMILES string of the molecule is COc1cc2c(cc1OC)C(=CC(=O)Nc1ccccc1)NC(C)(C)C2. The smallest absolute Gasteiger partial charge is 0.250 e. The van der Waals surface area contributed by atoms with Crippen molar-refractivity contribution in [3.8, 4) is 11.5 Å². The minimum atomic E-state index is -0.183. The van der Waals surface area contributed by atoms with Gasteiger partial charge in [-0.25, -0.2) is 0 Å². The number of carbonyl (C=O) groups is 1. The Balaban J connectivity index is 1.98. The molecule has 0 aliphatic carbocycles. The van der Waals surface area contributed by atoms with E-state index in [1.54, 1.807) is 20.3 Å². The molecule has 0 atom stereocenters. The first-order valence-electron chi connectivity index (χ1n) is 8.53. The van der Waals surface area contributed by atoms with Crippen LogP contribution in [-0.4, -0.2) is 25.7 Å². The molecular weight excluding hydrogens is 328 g/mol. The van der Waals surface area contributed by atoms with Crippen LogP contribution in [0.2, 0.25) is 0 Å². The topological polar surface area (TPSA) is 59.6 Å². The van der Waals surface area contributed by atoms with Crippen LogP contribution >= 0.6 is 0 Å². The number of rotatable bonds is 4. The van der Waals surface area contributed by atoms with Crippen molar-refractivity contribution < 1.29 is 14.3 Å². The van der Waals surface area contributed by atoms with Gasteiger partial charge in [0.15, 0.2) is 11.5 Å². The second-order valence-corrected chi connectivity index (χ2v) is 6.96. The van der Waals surface area contributed by atoms with Crippen molar-refractivity contribution in [3.63, 3.8) is 0 Å². The summed E-state index contributed by atoms with van der Waals surface area (Å²) in [5, 5.41) is 6.35. The average molecular weight is 352 g/mol. The zero-order chi connectivity index (χ0) is 18.7. The first kappa shape index (κ1) is 17.9. The maximum atomic E-state index is 12.5. The fourth-order valence-corrected chi connectivity index (χ4v) is 3.22. The molecule has 136 valence electrons. The third kappa shape index (κ3) is 3.82. The van der Waals surface area contributed by atoms with Gasteiger partial charge in [0.1, 0.15) is 0 Å². The number of carbonyl (C=O) groups excluding carboxylic acids is 1. The Morgan fingerprint density at radius 3 is 2.42 bits per heavy atom. The molecule has 2 aromatic carbocycles. The van der Waals surface area contributed by atoms with Gasteiger partial charge in [-0.15, -0.1) is 0 Å². The van der Waals surface area contributed by atoms with E-state index in [9.17, 15) is 4.79 Å². The average Bonchev–Trinajstić information content (AvgIpc) is 2.60. The number of anilines is 1. The number of ether oxygens (including phenoxy) is 2. The minimum Gasteiger partial charge on any atom is -0.493 e. The van der Waals surface area contributed by atoms with Crippen molar-refractivity contribution in [2.45, 2.75) is 25.8 Å². The standard InChI is InChI=1S/C21H24N2O3/c1-21(2)13-14-10-18(25-3)19(26-4)11-16(14)17(23-21)12-20(24)22-15-8-6-5-7-9-15/h5-12,23H,13H2,1-4H3,(H,22,24). The van der Waals surface area contributed by atoms with Gasteiger partial charge in [-0.3, -0.25) is 4.79 Å². The van der Waals surface area contributed by atoms with Crippen LogP contribution in [0, 0.1) is 0 Å². The Bertz CT molecular complexity index is 842. The molecule has 5 nitrogen and oxygen atoms in total. The van der Waals surface area contributed by atoms with Crippen LogP contribution in [0.15, 0.2) is 48.5 Å². The molecule has 26 heavy (non-hydrogen) atoms. The molecule has 0 spiro atoms. The maximum absolute atomic E-state index is 12.5. The molecule has 0 saturated heterocycles. The van der Waals surface area contributed by atoms with Crippen molar-refractivity contribution in [2.75, 3.05) is 19.5 Å². The van der Waals surface area contributed by atoms with Gasteiger partial charge in [0.05, 0.1) is 14.2 Å². The second-order valence-electron chi connectivity index (χ2n) is 6.96. The highest BCUT2D eigenvalue weighted by molar-refractivity contribution is 6.04. The van der Waals surface area contributed by atoms with Gasteiger partial charge in [-0.2, -0.15) is 0 Å². The molecule has 0 radical (unpaired) electrons. The molecule has 0 unspecified atom stereocenters. The lowest BCUT2D eigenvalue weighted by Gasteiger charge is -2.36. The highest BCUT2D eigenvalue weighted by Gasteiger charge is 2.29. The fraction of sp³-hybridized carbons (Fsp3) is 0.286. The Kier molecular flexibility index (Phi) is 4.89. The van der Waals surface area contributed by atoms with Crippen LogP contribution in [0.3, 0.4) is 0 Å². The van der Waals surface area contributed by atoms with Crippen LogP contribution in [0.1, 0.15) is 25.0 Å². The molecule has 0 fully saturated rings. The first-order valence-corrected chi connectivity index (χ1v) is 8.53. The Morgan fingerprint density at radius 1 is 1.12 bits per heavy atom. The molecule has 0 saturated carbocycles. The predicted octanol–water partition coefficient (Wildman–Crippen LogP) is 3.61. The zero-order valence-corrected chi connectivity index (χ0v) is 15.6. The fourth-order valence-electron chi connectivity index (χ4n) is 3.22. The molecule has 1 aliphatic rings. The predicted molar refractivity (Wildman–Crippen MR) is 104 cm³/mol. The number of methoxy groups -OCH3 is 2. The van der Waals surface area contributed by atoms with E-state index in [0.29, 0.717) is 11.5 Å². The van der Waals surface area contributed by atoms with E-state index in [-0.39, 0.29) is 11.4 Å². The van der Waals surface area contributed by atoms with Crippen molar-refractivity contribution in [2.24, 2.45) is 0 Å². The summed E-state index contributed by atoms with van der Waals surface area (Å²) in [5.74, 6) is 1.15. The molecule has 1 amide bonds. The lowest BCUT2D eigenvalue weighted by atomic mass is 9.85. The van der Waals surface area contributed by atoms with Crippen LogP contribution in [0.5, 0.6) is 11.5 Å². The van der Waals surface area contributed by atoms with Gasteiger partial charge >= 0.3 is 0 Å². The number of benzene rings is 2. The van der Waals surface area contributed by atoms with Crippen LogP contribution < -0.4 is 20.1 Å². The monoisotopic (exact) mass is 352 g/mol. The number of hydrogen-bond donors (Lipinski definition) is 2. The van der Waals surface area contributed by atoms with Crippen LogP contribution in [0.4, 0.5) is 5.69 Å². The Morgan fingerprint density at radius 2 is 1.77 bits per heavy atom. The van der Waals surface area contributed by atoms with E-state index in [1.165, 1.54) is 0 Å². The summed E-state index contributed by atoms with van der Waals surface area (Å²) in [6, 6.07) is 13.3. The highest BCUT2D eigenvalue weighted by atomic mass is 16.5. The van der Waals surface area contributed by atoms with E-state index in [2.05, 4.69) is 24.5 Å². The minimum absolute atomic E-state index is 0.175. The van der Waals surface area contributed by atoms with Gasteiger partial charge in [0.25, 0.3) is 0 Å². The number of nitrogens with one attached hydrogen (secondary N) is 2. The van der Waals surface area contributed by atoms with Crippen LogP contribution in [-0.2, 0) is 11.2 Å². The Labute approximate surface area is 154 Å². The van der Waals surface area contributed by atoms with E-state index < -0.39 is 0 Å². The van der Waals surface area contributed by atoms with E-state index in [0.717, 1.165) is 28.9 Å². The van der Waals surface area contributed by atoms with Crippen molar-refractivity contribution in [3.05, 3.63) is 59.7 Å². The summed E-state index contributed by atoms with van der Waals surface area (Å²) in [5.41, 5.74) is 3.42. The first-order chi connectivity index (χ1) is 12.4. The summed E-state index contributed by atoms with van der Waals surface area (Å²) in [6.45, 7) is 4.21. The molecule has 2 aromatic rings. The molecule has 2 N–H and O–H groups in total. The number of hydrogen-bond acceptors (Lipinski definition) is 4.